The van der Waals surface area contributed by atoms with Crippen LogP contribution in [0.3, 0.4) is 0 Å². The highest BCUT2D eigenvalue weighted by molar-refractivity contribution is 5.94. The molecule has 32 heavy (non-hydrogen) atoms. The van der Waals surface area contributed by atoms with E-state index >= 15 is 0 Å². The summed E-state index contributed by atoms with van der Waals surface area (Å²) < 4.78 is 8.15. The Bertz CT molecular complexity index is 1300. The molecule has 0 radical (unpaired) electrons. The zero-order valence-electron chi connectivity index (χ0n) is 18.2. The maximum absolute atomic E-state index is 12.4. The lowest BCUT2D eigenvalue weighted by Gasteiger charge is -2.39. The molecule has 1 aromatic carbocycles. The molecule has 1 aliphatic heterocycles. The number of benzene rings is 1. The van der Waals surface area contributed by atoms with Gasteiger partial charge in [0.15, 0.2) is 5.56 Å². The van der Waals surface area contributed by atoms with Crippen molar-refractivity contribution < 1.29 is 19.7 Å². The molecule has 1 saturated carbocycles. The van der Waals surface area contributed by atoms with Crippen LogP contribution in [0.25, 0.3) is 22.2 Å². The van der Waals surface area contributed by atoms with E-state index in [1.165, 1.54) is 19.3 Å². The van der Waals surface area contributed by atoms with Crippen molar-refractivity contribution in [3.63, 3.8) is 0 Å². The van der Waals surface area contributed by atoms with Crippen LogP contribution < -0.4 is 15.6 Å². The highest BCUT2D eigenvalue weighted by Crippen LogP contribution is 2.40. The molecule has 0 unspecified atom stereocenters. The number of fused-ring (bicyclic) bond motifs is 4. The Kier molecular flexibility index (Phi) is 4.78. The highest BCUT2D eigenvalue weighted by Gasteiger charge is 2.31. The van der Waals surface area contributed by atoms with E-state index in [2.05, 4.69) is 27.9 Å². The second kappa shape index (κ2) is 7.41. The van der Waals surface area contributed by atoms with Crippen molar-refractivity contribution in [2.45, 2.75) is 51.1 Å². The van der Waals surface area contributed by atoms with Gasteiger partial charge in [-0.3, -0.25) is 4.79 Å². The minimum Gasteiger partial charge on any atom is -0.506 e. The van der Waals surface area contributed by atoms with Gasteiger partial charge in [0.05, 0.1) is 17.8 Å². The van der Waals surface area contributed by atoms with Crippen LogP contribution in [0.2, 0.25) is 0 Å². The predicted octanol–water partition coefficient (Wildman–Crippen LogP) is 3.29. The number of nitrogens with one attached hydrogen (secondary N) is 2. The molecule has 2 aliphatic rings. The van der Waals surface area contributed by atoms with Crippen LogP contribution in [0.5, 0.6) is 11.5 Å². The number of aryl methyl sites for hydroxylation is 1. The van der Waals surface area contributed by atoms with Crippen molar-refractivity contribution in [1.29, 1.82) is 0 Å². The number of carbonyl (C=O) groups is 1. The summed E-state index contributed by atoms with van der Waals surface area (Å²) in [5, 5.41) is 24.6. The van der Waals surface area contributed by atoms with Crippen LogP contribution in [0.4, 0.5) is 0 Å². The fraction of sp³-hybridized carbons (Fsp3) is 0.417. The standard InChI is InChI=1S/C24H27N3O5/c1-24(6-4-7-24)25-12-14-9-13-10-16-18(11-17(13)27(14)2)32-8-3-5-15-20(16)26-22(29)19(21(15)28)23(30)31/h9-11,25H,3-8,12H2,1-2H3,(H,30,31)(H2,26,28,29). The second-order valence-corrected chi connectivity index (χ2v) is 9.16. The van der Waals surface area contributed by atoms with Gasteiger partial charge in [0.25, 0.3) is 5.56 Å². The van der Waals surface area contributed by atoms with E-state index in [9.17, 15) is 19.8 Å². The largest absolute Gasteiger partial charge is 0.506 e. The maximum atomic E-state index is 12.4. The van der Waals surface area contributed by atoms with Crippen LogP contribution >= 0.6 is 0 Å². The fourth-order valence-corrected chi connectivity index (χ4v) is 4.83. The summed E-state index contributed by atoms with van der Waals surface area (Å²) in [5.41, 5.74) is 2.40. The molecule has 168 valence electrons. The number of H-pyrrole nitrogens is 1. The zero-order chi connectivity index (χ0) is 22.6. The maximum Gasteiger partial charge on any atom is 0.345 e. The van der Waals surface area contributed by atoms with E-state index in [4.69, 9.17) is 4.74 Å². The molecule has 1 fully saturated rings. The van der Waals surface area contributed by atoms with E-state index in [-0.39, 0.29) is 5.54 Å². The monoisotopic (exact) mass is 437 g/mol. The van der Waals surface area contributed by atoms with Gasteiger partial charge in [0.2, 0.25) is 0 Å². The lowest BCUT2D eigenvalue weighted by atomic mass is 9.78. The molecule has 5 rings (SSSR count). The van der Waals surface area contributed by atoms with E-state index in [1.54, 1.807) is 0 Å². The van der Waals surface area contributed by atoms with Crippen molar-refractivity contribution in [3.8, 4) is 22.8 Å². The third-order valence-corrected chi connectivity index (χ3v) is 7.00. The Morgan fingerprint density at radius 2 is 2.06 bits per heavy atom. The van der Waals surface area contributed by atoms with Crippen molar-refractivity contribution in [1.82, 2.24) is 14.9 Å². The van der Waals surface area contributed by atoms with Crippen molar-refractivity contribution in [2.75, 3.05) is 6.61 Å². The van der Waals surface area contributed by atoms with Gasteiger partial charge in [0, 0.05) is 47.4 Å². The van der Waals surface area contributed by atoms with Gasteiger partial charge < -0.3 is 29.8 Å². The van der Waals surface area contributed by atoms with Crippen LogP contribution in [0, 0.1) is 0 Å². The number of rotatable bonds is 4. The van der Waals surface area contributed by atoms with E-state index < -0.39 is 22.8 Å². The van der Waals surface area contributed by atoms with E-state index in [1.807, 2.05) is 19.2 Å². The summed E-state index contributed by atoms with van der Waals surface area (Å²) in [6.45, 7) is 3.43. The number of nitrogens with zero attached hydrogens (tertiary/aromatic N) is 1. The summed E-state index contributed by atoms with van der Waals surface area (Å²) >= 11 is 0. The summed E-state index contributed by atoms with van der Waals surface area (Å²) in [5.74, 6) is -1.31. The number of ether oxygens (including phenoxy) is 1. The normalized spacial score (nSPS) is 16.9. The summed E-state index contributed by atoms with van der Waals surface area (Å²) in [6.07, 6.45) is 4.62. The molecule has 0 saturated heterocycles. The molecular formula is C24H27N3O5. The molecular weight excluding hydrogens is 410 g/mol. The Hall–Kier alpha value is -3.26. The molecule has 3 heterocycles. The third-order valence-electron chi connectivity index (χ3n) is 7.00. The Balaban J connectivity index is 1.64. The number of aromatic hydroxyl groups is 1. The molecule has 8 heteroatoms. The van der Waals surface area contributed by atoms with Gasteiger partial charge >= 0.3 is 5.97 Å². The number of carboxylic acids is 1. The molecule has 2 aromatic heterocycles. The van der Waals surface area contributed by atoms with Crippen LogP contribution in [-0.4, -0.2) is 37.9 Å². The quantitative estimate of drug-likeness (QED) is 0.498. The molecule has 0 atom stereocenters. The zero-order valence-corrected chi connectivity index (χ0v) is 18.2. The van der Waals surface area contributed by atoms with E-state index in [0.717, 1.165) is 23.1 Å². The van der Waals surface area contributed by atoms with Gasteiger partial charge in [-0.05, 0) is 51.2 Å². The lowest BCUT2D eigenvalue weighted by Crippen LogP contribution is -2.47. The van der Waals surface area contributed by atoms with Crippen LogP contribution in [0.15, 0.2) is 23.0 Å². The number of aromatic carboxylic acids is 1. The fourth-order valence-electron chi connectivity index (χ4n) is 4.83. The topological polar surface area (TPSA) is 117 Å². The summed E-state index contributed by atoms with van der Waals surface area (Å²) in [6, 6.07) is 6.01. The minimum absolute atomic E-state index is 0.201. The molecule has 0 spiro atoms. The van der Waals surface area contributed by atoms with Gasteiger partial charge in [-0.25, -0.2) is 4.79 Å². The van der Waals surface area contributed by atoms with Crippen molar-refractivity contribution in [2.24, 2.45) is 7.05 Å². The van der Waals surface area contributed by atoms with Gasteiger partial charge in [0.1, 0.15) is 11.5 Å². The first-order chi connectivity index (χ1) is 15.3. The Labute approximate surface area is 184 Å². The smallest absolute Gasteiger partial charge is 0.345 e. The average Bonchev–Trinajstić information content (AvgIpc) is 3.01. The molecule has 4 N–H and O–H groups in total. The van der Waals surface area contributed by atoms with E-state index in [0.29, 0.717) is 42.0 Å². The van der Waals surface area contributed by atoms with Crippen molar-refractivity contribution >= 4 is 16.9 Å². The summed E-state index contributed by atoms with van der Waals surface area (Å²) in [4.78, 5) is 26.6. The average molecular weight is 437 g/mol. The molecule has 0 amide bonds. The first kappa shape index (κ1) is 20.6. The Morgan fingerprint density at radius 1 is 1.28 bits per heavy atom. The van der Waals surface area contributed by atoms with Gasteiger partial charge in [-0.15, -0.1) is 0 Å². The molecule has 0 bridgehead atoms. The minimum atomic E-state index is -1.44. The molecule has 8 nitrogen and oxygen atoms in total. The second-order valence-electron chi connectivity index (χ2n) is 9.16. The molecule has 3 aromatic rings. The van der Waals surface area contributed by atoms with Gasteiger partial charge in [-0.1, -0.05) is 0 Å². The Morgan fingerprint density at radius 3 is 2.75 bits per heavy atom. The third kappa shape index (κ3) is 3.26. The number of hydrogen-bond acceptors (Lipinski definition) is 5. The number of aromatic nitrogens is 2. The lowest BCUT2D eigenvalue weighted by molar-refractivity contribution is 0.0691. The predicted molar refractivity (Wildman–Crippen MR) is 121 cm³/mol. The highest BCUT2D eigenvalue weighted by atomic mass is 16.5. The first-order valence-electron chi connectivity index (χ1n) is 11.0. The molecule has 1 aliphatic carbocycles. The summed E-state index contributed by atoms with van der Waals surface area (Å²) in [7, 11) is 2.03. The van der Waals surface area contributed by atoms with Crippen LogP contribution in [0.1, 0.15) is 54.2 Å². The van der Waals surface area contributed by atoms with Gasteiger partial charge in [-0.2, -0.15) is 0 Å². The number of hydrogen-bond donors (Lipinski definition) is 4. The van der Waals surface area contributed by atoms with Crippen LogP contribution in [-0.2, 0) is 20.0 Å². The van der Waals surface area contributed by atoms with Crippen molar-refractivity contribution in [3.05, 3.63) is 45.4 Å². The number of carboxylic acid groups (broad SMARTS) is 1. The number of aromatic amines is 1. The number of pyridine rings is 1. The SMILES string of the molecule is Cn1c(CNC2(C)CCC2)cc2cc3c(cc21)OCCCc1c-3[nH]c(=O)c(C(=O)O)c1O. The first-order valence-corrected chi connectivity index (χ1v) is 11.0.